The van der Waals surface area contributed by atoms with E-state index in [0.29, 0.717) is 12.3 Å². The number of benzene rings is 1. The van der Waals surface area contributed by atoms with Gasteiger partial charge in [-0.2, -0.15) is 0 Å². The Bertz CT molecular complexity index is 847. The third kappa shape index (κ3) is 3.08. The summed E-state index contributed by atoms with van der Waals surface area (Å²) in [6, 6.07) is 6.85. The molecule has 3 aliphatic rings. The summed E-state index contributed by atoms with van der Waals surface area (Å²) in [4.78, 5) is 18.7. The molecule has 146 valence electrons. The lowest BCUT2D eigenvalue weighted by Crippen LogP contribution is -2.67. The molecule has 2 N–H and O–H groups in total. The van der Waals surface area contributed by atoms with Gasteiger partial charge in [0.1, 0.15) is 0 Å². The number of nitrogens with one attached hydrogen (secondary N) is 1. The fourth-order valence-corrected chi connectivity index (χ4v) is 5.35. The maximum absolute atomic E-state index is 13.2. The van der Waals surface area contributed by atoms with E-state index in [1.165, 1.54) is 16.5 Å². The maximum Gasteiger partial charge on any atom is 0.223 e. The molecule has 1 amide bonds. The molecule has 3 fully saturated rings. The highest BCUT2D eigenvalue weighted by atomic mass is 16.3. The van der Waals surface area contributed by atoms with E-state index in [-0.39, 0.29) is 23.9 Å². The van der Waals surface area contributed by atoms with Gasteiger partial charge in [-0.15, -0.1) is 0 Å². The van der Waals surface area contributed by atoms with Crippen LogP contribution in [0.5, 0.6) is 0 Å². The van der Waals surface area contributed by atoms with Crippen LogP contribution in [0.25, 0.3) is 10.9 Å². The lowest BCUT2D eigenvalue weighted by molar-refractivity contribution is -0.178. The molecule has 4 nitrogen and oxygen atoms in total. The van der Waals surface area contributed by atoms with Gasteiger partial charge >= 0.3 is 0 Å². The third-order valence-corrected chi connectivity index (χ3v) is 6.80. The van der Waals surface area contributed by atoms with E-state index in [9.17, 15) is 9.90 Å². The highest BCUT2D eigenvalue weighted by molar-refractivity contribution is 5.88. The average Bonchev–Trinajstić information content (AvgIpc) is 3.04. The van der Waals surface area contributed by atoms with Crippen molar-refractivity contribution >= 4 is 16.8 Å². The maximum atomic E-state index is 13.2. The highest BCUT2D eigenvalue weighted by Gasteiger charge is 2.54. The summed E-state index contributed by atoms with van der Waals surface area (Å²) in [5, 5.41) is 11.7. The molecular formula is C23H32N2O2. The van der Waals surface area contributed by atoms with Gasteiger partial charge in [-0.3, -0.25) is 4.79 Å². The molecule has 1 aliphatic carbocycles. The van der Waals surface area contributed by atoms with Crippen molar-refractivity contribution in [3.8, 4) is 0 Å². The number of hydrogen-bond donors (Lipinski definition) is 2. The summed E-state index contributed by atoms with van der Waals surface area (Å²) in [6.07, 6.45) is 5.80. The van der Waals surface area contributed by atoms with E-state index >= 15 is 0 Å². The number of carbonyl (C=O) groups is 1. The summed E-state index contributed by atoms with van der Waals surface area (Å²) in [5.41, 5.74) is 3.25. The minimum absolute atomic E-state index is 0.171. The number of rotatable bonds is 5. The monoisotopic (exact) mass is 368 g/mol. The van der Waals surface area contributed by atoms with E-state index in [0.717, 1.165) is 31.2 Å². The Balaban J connectivity index is 1.57. The first-order valence-corrected chi connectivity index (χ1v) is 10.5. The van der Waals surface area contributed by atoms with E-state index in [1.54, 1.807) is 0 Å². The van der Waals surface area contributed by atoms with Crippen LogP contribution in [-0.4, -0.2) is 38.6 Å². The average molecular weight is 369 g/mol. The van der Waals surface area contributed by atoms with Crippen molar-refractivity contribution in [3.63, 3.8) is 0 Å². The quantitative estimate of drug-likeness (QED) is 0.804. The Kier molecular flexibility index (Phi) is 4.58. The summed E-state index contributed by atoms with van der Waals surface area (Å²) in [6.45, 7) is 8.73. The summed E-state index contributed by atoms with van der Waals surface area (Å²) < 4.78 is 0. The standard InChI is InChI=1S/C23H32N2O2/c1-5-16-10-23(27)11-17(12-23)25(16)21(26)9-15(4)19-13-24-20-8-6-7-18(14(2)3)22(19)20/h6-8,13-17,24,27H,5,9-12H2,1-4H3. The summed E-state index contributed by atoms with van der Waals surface area (Å²) in [5.74, 6) is 0.868. The van der Waals surface area contributed by atoms with Crippen LogP contribution in [0.2, 0.25) is 0 Å². The lowest BCUT2D eigenvalue weighted by atomic mass is 9.66. The summed E-state index contributed by atoms with van der Waals surface area (Å²) in [7, 11) is 0. The topological polar surface area (TPSA) is 56.3 Å². The normalized spacial score (nSPS) is 28.4. The van der Waals surface area contributed by atoms with Crippen molar-refractivity contribution in [2.75, 3.05) is 0 Å². The first kappa shape index (κ1) is 18.5. The number of amides is 1. The highest BCUT2D eigenvalue weighted by Crippen LogP contribution is 2.47. The van der Waals surface area contributed by atoms with Gasteiger partial charge in [0, 0.05) is 35.6 Å². The molecule has 1 saturated carbocycles. The Morgan fingerprint density at radius 3 is 2.67 bits per heavy atom. The molecule has 2 atom stereocenters. The molecule has 0 radical (unpaired) electrons. The molecule has 0 spiro atoms. The molecule has 2 unspecified atom stereocenters. The van der Waals surface area contributed by atoms with Gasteiger partial charge < -0.3 is 15.0 Å². The van der Waals surface area contributed by atoms with Crippen LogP contribution >= 0.6 is 0 Å². The zero-order valence-electron chi connectivity index (χ0n) is 17.0. The van der Waals surface area contributed by atoms with E-state index in [2.05, 4.69) is 62.0 Å². The number of nitrogens with zero attached hydrogens (tertiary/aromatic N) is 1. The SMILES string of the molecule is CCC1CC2(O)CC(C2)N1C(=O)CC(C)c1c[nH]c2cccc(C(C)C)c12. The molecule has 1 aromatic heterocycles. The molecule has 2 bridgehead atoms. The van der Waals surface area contributed by atoms with Gasteiger partial charge in [0.2, 0.25) is 5.91 Å². The number of piperidine rings is 2. The molecule has 2 aromatic rings. The molecule has 1 aromatic carbocycles. The molecule has 27 heavy (non-hydrogen) atoms. The predicted molar refractivity (Wildman–Crippen MR) is 109 cm³/mol. The molecule has 2 saturated heterocycles. The van der Waals surface area contributed by atoms with E-state index in [1.807, 2.05) is 0 Å². The number of aliphatic hydroxyl groups is 1. The molecule has 5 rings (SSSR count). The Hall–Kier alpha value is -1.81. The largest absolute Gasteiger partial charge is 0.390 e. The van der Waals surface area contributed by atoms with Gasteiger partial charge in [-0.1, -0.05) is 39.8 Å². The first-order valence-electron chi connectivity index (χ1n) is 10.5. The van der Waals surface area contributed by atoms with Gasteiger partial charge in [0.15, 0.2) is 0 Å². The second-order valence-corrected chi connectivity index (χ2v) is 9.13. The first-order chi connectivity index (χ1) is 12.8. The van der Waals surface area contributed by atoms with Crippen LogP contribution in [0.3, 0.4) is 0 Å². The van der Waals surface area contributed by atoms with E-state index < -0.39 is 5.60 Å². The van der Waals surface area contributed by atoms with E-state index in [4.69, 9.17) is 0 Å². The molecule has 4 heteroatoms. The number of hydrogen-bond acceptors (Lipinski definition) is 2. The minimum Gasteiger partial charge on any atom is -0.390 e. The smallest absolute Gasteiger partial charge is 0.223 e. The second-order valence-electron chi connectivity index (χ2n) is 9.13. The fourth-order valence-electron chi connectivity index (χ4n) is 5.35. The zero-order chi connectivity index (χ0) is 19.3. The number of H-pyrrole nitrogens is 1. The van der Waals surface area contributed by atoms with Crippen LogP contribution in [0.4, 0.5) is 0 Å². The van der Waals surface area contributed by atoms with Crippen LogP contribution in [0.1, 0.15) is 82.8 Å². The molecule has 3 heterocycles. The number of fused-ring (bicyclic) bond motifs is 3. The molecular weight excluding hydrogens is 336 g/mol. The van der Waals surface area contributed by atoms with Crippen LogP contribution in [0, 0.1) is 0 Å². The van der Waals surface area contributed by atoms with Crippen molar-refractivity contribution in [2.24, 2.45) is 0 Å². The fraction of sp³-hybridized carbons (Fsp3) is 0.609. The zero-order valence-corrected chi connectivity index (χ0v) is 17.0. The van der Waals surface area contributed by atoms with Crippen molar-refractivity contribution in [3.05, 3.63) is 35.5 Å². The van der Waals surface area contributed by atoms with Crippen LogP contribution in [0.15, 0.2) is 24.4 Å². The number of carbonyl (C=O) groups excluding carboxylic acids is 1. The second kappa shape index (κ2) is 6.66. The Morgan fingerprint density at radius 1 is 1.26 bits per heavy atom. The van der Waals surface area contributed by atoms with Gasteiger partial charge in [-0.05, 0) is 54.7 Å². The Labute approximate surface area is 162 Å². The number of aromatic nitrogens is 1. The van der Waals surface area contributed by atoms with Gasteiger partial charge in [0.05, 0.1) is 5.60 Å². The predicted octanol–water partition coefficient (Wildman–Crippen LogP) is 4.69. The van der Waals surface area contributed by atoms with Crippen molar-refractivity contribution in [2.45, 2.75) is 89.3 Å². The van der Waals surface area contributed by atoms with Crippen molar-refractivity contribution in [1.29, 1.82) is 0 Å². The Morgan fingerprint density at radius 2 is 2.00 bits per heavy atom. The van der Waals surface area contributed by atoms with Crippen molar-refractivity contribution in [1.82, 2.24) is 9.88 Å². The third-order valence-electron chi connectivity index (χ3n) is 6.80. The minimum atomic E-state index is -0.503. The van der Waals surface area contributed by atoms with Gasteiger partial charge in [-0.25, -0.2) is 0 Å². The van der Waals surface area contributed by atoms with Crippen LogP contribution < -0.4 is 0 Å². The lowest BCUT2D eigenvalue weighted by Gasteiger charge is -2.58. The summed E-state index contributed by atoms with van der Waals surface area (Å²) >= 11 is 0. The van der Waals surface area contributed by atoms with Crippen LogP contribution in [-0.2, 0) is 4.79 Å². The molecule has 2 aliphatic heterocycles. The van der Waals surface area contributed by atoms with Gasteiger partial charge in [0.25, 0.3) is 0 Å². The van der Waals surface area contributed by atoms with Crippen molar-refractivity contribution < 1.29 is 9.90 Å². The number of aromatic amines is 1.